The minimum atomic E-state index is -0.588. The fraction of sp³-hybridized carbons (Fsp3) is 0.222. The summed E-state index contributed by atoms with van der Waals surface area (Å²) in [5.74, 6) is -1.44. The maximum atomic E-state index is 13.0. The van der Waals surface area contributed by atoms with E-state index in [0.717, 1.165) is 18.2 Å². The molecule has 0 radical (unpaired) electrons. The first-order valence-corrected chi connectivity index (χ1v) is 4.03. The molecule has 1 aromatic rings. The summed E-state index contributed by atoms with van der Waals surface area (Å²) in [6.07, 6.45) is 0. The van der Waals surface area contributed by atoms with Crippen LogP contribution in [0.15, 0.2) is 18.2 Å². The summed E-state index contributed by atoms with van der Waals surface area (Å²) in [5, 5.41) is 4.83. The number of anilines is 1. The van der Waals surface area contributed by atoms with E-state index < -0.39 is 11.6 Å². The zero-order chi connectivity index (χ0) is 10.6. The highest BCUT2D eigenvalue weighted by Gasteiger charge is 2.04. The first kappa shape index (κ1) is 10.4. The molecule has 14 heavy (non-hydrogen) atoms. The van der Waals surface area contributed by atoms with Gasteiger partial charge in [-0.1, -0.05) is 0 Å². The summed E-state index contributed by atoms with van der Waals surface area (Å²) >= 11 is 0. The van der Waals surface area contributed by atoms with Crippen molar-refractivity contribution in [2.24, 2.45) is 0 Å². The predicted octanol–water partition coefficient (Wildman–Crippen LogP) is 1.12. The average Bonchev–Trinajstić information content (AvgIpc) is 2.19. The molecule has 0 atom stereocenters. The quantitative estimate of drug-likeness (QED) is 0.767. The van der Waals surface area contributed by atoms with Crippen LogP contribution in [0.5, 0.6) is 0 Å². The van der Waals surface area contributed by atoms with Gasteiger partial charge in [-0.15, -0.1) is 0 Å². The molecule has 3 nitrogen and oxygen atoms in total. The van der Waals surface area contributed by atoms with Gasteiger partial charge in [-0.2, -0.15) is 0 Å². The number of hydrogen-bond donors (Lipinski definition) is 2. The summed E-state index contributed by atoms with van der Waals surface area (Å²) in [5.41, 5.74) is -0.0198. The molecule has 1 amide bonds. The van der Waals surface area contributed by atoms with E-state index in [-0.39, 0.29) is 18.1 Å². The lowest BCUT2D eigenvalue weighted by Gasteiger charge is -2.06. The van der Waals surface area contributed by atoms with Crippen molar-refractivity contribution in [1.82, 2.24) is 5.32 Å². The second-order valence-electron chi connectivity index (χ2n) is 2.65. The van der Waals surface area contributed by atoms with Crippen molar-refractivity contribution in [2.75, 3.05) is 18.9 Å². The van der Waals surface area contributed by atoms with Gasteiger partial charge < -0.3 is 10.6 Å². The van der Waals surface area contributed by atoms with E-state index in [9.17, 15) is 13.6 Å². The lowest BCUT2D eigenvalue weighted by atomic mass is 10.3. The molecule has 5 heteroatoms. The molecule has 2 N–H and O–H groups in total. The third-order valence-electron chi connectivity index (χ3n) is 1.65. The molecule has 76 valence electrons. The first-order chi connectivity index (χ1) is 6.63. The Labute approximate surface area is 80.1 Å². The van der Waals surface area contributed by atoms with Crippen LogP contribution in [0, 0.1) is 11.6 Å². The number of hydrogen-bond acceptors (Lipinski definition) is 2. The zero-order valence-corrected chi connectivity index (χ0v) is 7.60. The Hall–Kier alpha value is -1.65. The van der Waals surface area contributed by atoms with E-state index in [1.54, 1.807) is 0 Å². The average molecular weight is 200 g/mol. The Morgan fingerprint density at radius 2 is 2.14 bits per heavy atom. The van der Waals surface area contributed by atoms with Crippen LogP contribution in [0.1, 0.15) is 0 Å². The summed E-state index contributed by atoms with van der Waals surface area (Å²) < 4.78 is 25.6. The van der Waals surface area contributed by atoms with Gasteiger partial charge in [0, 0.05) is 7.05 Å². The van der Waals surface area contributed by atoms with Crippen molar-refractivity contribution in [3.05, 3.63) is 29.8 Å². The Balaban J connectivity index is 2.66. The summed E-state index contributed by atoms with van der Waals surface area (Å²) in [7, 11) is 1.46. The standard InChI is InChI=1S/C9H10F2N2O/c1-12-9(14)5-13-8-4-6(10)2-3-7(8)11/h2-4,13H,5H2,1H3,(H,12,14). The van der Waals surface area contributed by atoms with Crippen molar-refractivity contribution >= 4 is 11.6 Å². The molecule has 0 fully saturated rings. The Morgan fingerprint density at radius 3 is 2.79 bits per heavy atom. The number of benzene rings is 1. The molecule has 0 heterocycles. The van der Waals surface area contributed by atoms with Crippen LogP contribution in [0.3, 0.4) is 0 Å². The maximum Gasteiger partial charge on any atom is 0.239 e. The van der Waals surface area contributed by atoms with E-state index in [2.05, 4.69) is 10.6 Å². The molecule has 0 unspecified atom stereocenters. The minimum absolute atomic E-state index is 0.0198. The molecule has 1 aromatic carbocycles. The second-order valence-corrected chi connectivity index (χ2v) is 2.65. The summed E-state index contributed by atoms with van der Waals surface area (Å²) in [6, 6.07) is 3.01. The third-order valence-corrected chi connectivity index (χ3v) is 1.65. The highest BCUT2D eigenvalue weighted by molar-refractivity contribution is 5.80. The lowest BCUT2D eigenvalue weighted by molar-refractivity contribution is -0.118. The van der Waals surface area contributed by atoms with Gasteiger partial charge in [-0.3, -0.25) is 4.79 Å². The van der Waals surface area contributed by atoms with Crippen molar-refractivity contribution in [3.8, 4) is 0 Å². The van der Waals surface area contributed by atoms with Gasteiger partial charge in [0.05, 0.1) is 12.2 Å². The van der Waals surface area contributed by atoms with Gasteiger partial charge >= 0.3 is 0 Å². The summed E-state index contributed by atoms with van der Waals surface area (Å²) in [6.45, 7) is -0.0864. The highest BCUT2D eigenvalue weighted by atomic mass is 19.1. The molecule has 0 aliphatic heterocycles. The number of carbonyl (C=O) groups excluding carboxylic acids is 1. The number of carbonyl (C=O) groups is 1. The van der Waals surface area contributed by atoms with Crippen LogP contribution in [0.25, 0.3) is 0 Å². The maximum absolute atomic E-state index is 13.0. The number of nitrogens with one attached hydrogen (secondary N) is 2. The molecule has 0 saturated heterocycles. The van der Waals surface area contributed by atoms with Crippen LogP contribution in [-0.4, -0.2) is 19.5 Å². The molecule has 1 rings (SSSR count). The number of halogens is 2. The van der Waals surface area contributed by atoms with E-state index >= 15 is 0 Å². The first-order valence-electron chi connectivity index (χ1n) is 4.03. The number of likely N-dealkylation sites (N-methyl/N-ethyl adjacent to an activating group) is 1. The molecule has 0 saturated carbocycles. The Kier molecular flexibility index (Phi) is 3.39. The van der Waals surface area contributed by atoms with Crippen LogP contribution in [0.2, 0.25) is 0 Å². The topological polar surface area (TPSA) is 41.1 Å². The number of amides is 1. The van der Waals surface area contributed by atoms with Gasteiger partial charge in [-0.25, -0.2) is 8.78 Å². The van der Waals surface area contributed by atoms with Gasteiger partial charge in [0.15, 0.2) is 0 Å². The van der Waals surface area contributed by atoms with Gasteiger partial charge in [0.25, 0.3) is 0 Å². The lowest BCUT2D eigenvalue weighted by Crippen LogP contribution is -2.26. The van der Waals surface area contributed by atoms with Crippen LogP contribution < -0.4 is 10.6 Å². The van der Waals surface area contributed by atoms with Crippen LogP contribution in [0.4, 0.5) is 14.5 Å². The summed E-state index contributed by atoms with van der Waals surface area (Å²) in [4.78, 5) is 10.8. The fourth-order valence-electron chi connectivity index (χ4n) is 0.897. The van der Waals surface area contributed by atoms with E-state index in [1.165, 1.54) is 7.05 Å². The smallest absolute Gasteiger partial charge is 0.239 e. The van der Waals surface area contributed by atoms with Crippen molar-refractivity contribution < 1.29 is 13.6 Å². The van der Waals surface area contributed by atoms with Gasteiger partial charge in [0.2, 0.25) is 5.91 Å². The van der Waals surface area contributed by atoms with E-state index in [0.29, 0.717) is 0 Å². The molecule has 0 spiro atoms. The van der Waals surface area contributed by atoms with E-state index in [4.69, 9.17) is 0 Å². The molecule has 0 aromatic heterocycles. The fourth-order valence-corrected chi connectivity index (χ4v) is 0.897. The normalized spacial score (nSPS) is 9.64. The van der Waals surface area contributed by atoms with Crippen LogP contribution in [-0.2, 0) is 4.79 Å². The molecule has 0 aliphatic rings. The zero-order valence-electron chi connectivity index (χ0n) is 7.60. The van der Waals surface area contributed by atoms with Crippen molar-refractivity contribution in [1.29, 1.82) is 0 Å². The molecular formula is C9H10F2N2O. The predicted molar refractivity (Wildman–Crippen MR) is 48.9 cm³/mol. The van der Waals surface area contributed by atoms with Gasteiger partial charge in [0.1, 0.15) is 11.6 Å². The van der Waals surface area contributed by atoms with Crippen molar-refractivity contribution in [3.63, 3.8) is 0 Å². The monoisotopic (exact) mass is 200 g/mol. The largest absolute Gasteiger partial charge is 0.374 e. The van der Waals surface area contributed by atoms with Crippen molar-refractivity contribution in [2.45, 2.75) is 0 Å². The molecule has 0 aliphatic carbocycles. The molecular weight excluding hydrogens is 190 g/mol. The van der Waals surface area contributed by atoms with E-state index in [1.807, 2.05) is 0 Å². The van der Waals surface area contributed by atoms with Gasteiger partial charge in [-0.05, 0) is 18.2 Å². The van der Waals surface area contributed by atoms with Crippen LogP contribution >= 0.6 is 0 Å². The second kappa shape index (κ2) is 4.55. The third kappa shape index (κ3) is 2.69. The number of rotatable bonds is 3. The molecule has 0 bridgehead atoms. The highest BCUT2D eigenvalue weighted by Crippen LogP contribution is 2.14. The Morgan fingerprint density at radius 1 is 1.43 bits per heavy atom. The SMILES string of the molecule is CNC(=O)CNc1cc(F)ccc1F. The minimum Gasteiger partial charge on any atom is -0.374 e. The Bertz CT molecular complexity index is 342.